The number of aromatic nitrogens is 1. The number of benzene rings is 1. The van der Waals surface area contributed by atoms with E-state index in [-0.39, 0.29) is 0 Å². The van der Waals surface area contributed by atoms with Gasteiger partial charge in [-0.25, -0.2) is 0 Å². The number of pyridine rings is 1. The zero-order chi connectivity index (χ0) is 11.7. The van der Waals surface area contributed by atoms with Crippen LogP contribution in [0.2, 0.25) is 5.02 Å². The fourth-order valence-corrected chi connectivity index (χ4v) is 1.89. The van der Waals surface area contributed by atoms with E-state index in [4.69, 9.17) is 16.9 Å². The maximum Gasteiger partial charge on any atom is 0.103 e. The Balaban J connectivity index is 2.91. The lowest BCUT2D eigenvalue weighted by Gasteiger charge is -2.09. The lowest BCUT2D eigenvalue weighted by molar-refractivity contribution is 1.33. The highest BCUT2D eigenvalue weighted by molar-refractivity contribution is 6.32. The van der Waals surface area contributed by atoms with Crippen LogP contribution < -0.4 is 5.32 Å². The molecule has 0 aliphatic carbocycles. The number of nitrogens with zero attached hydrogens (tertiary/aromatic N) is 2. The first kappa shape index (κ1) is 10.7. The van der Waals surface area contributed by atoms with Gasteiger partial charge in [0.25, 0.3) is 0 Å². The quantitative estimate of drug-likeness (QED) is 0.821. The van der Waals surface area contributed by atoms with Crippen molar-refractivity contribution in [2.24, 2.45) is 0 Å². The lowest BCUT2D eigenvalue weighted by atomic mass is 10.1. The maximum absolute atomic E-state index is 8.98. The Bertz CT molecular complexity index is 599. The monoisotopic (exact) mass is 231 g/mol. The van der Waals surface area contributed by atoms with Gasteiger partial charge in [-0.1, -0.05) is 11.6 Å². The molecular weight excluding hydrogens is 222 g/mol. The molecule has 80 valence electrons. The standard InChI is InChI=1S/C12H10ClN3/c1-7-10(13)4-3-9-11(7)16-6-8(5-14)12(9)15-2/h3-4,6H,1-2H3,(H,15,16). The molecule has 0 unspecified atom stereocenters. The first-order chi connectivity index (χ1) is 7.69. The topological polar surface area (TPSA) is 48.7 Å². The summed E-state index contributed by atoms with van der Waals surface area (Å²) in [7, 11) is 1.79. The third-order valence-electron chi connectivity index (χ3n) is 2.60. The third-order valence-corrected chi connectivity index (χ3v) is 3.01. The molecule has 0 bridgehead atoms. The molecule has 0 amide bonds. The average molecular weight is 232 g/mol. The SMILES string of the molecule is CNc1c(C#N)cnc2c(C)c(Cl)ccc12. The summed E-state index contributed by atoms with van der Waals surface area (Å²) in [5, 5.41) is 13.6. The molecule has 3 nitrogen and oxygen atoms in total. The Hall–Kier alpha value is -1.79. The van der Waals surface area contributed by atoms with E-state index in [9.17, 15) is 0 Å². The third kappa shape index (κ3) is 1.48. The van der Waals surface area contributed by atoms with Gasteiger partial charge in [-0.3, -0.25) is 4.98 Å². The summed E-state index contributed by atoms with van der Waals surface area (Å²) < 4.78 is 0. The highest BCUT2D eigenvalue weighted by Crippen LogP contribution is 2.30. The highest BCUT2D eigenvalue weighted by atomic mass is 35.5. The smallest absolute Gasteiger partial charge is 0.103 e. The van der Waals surface area contributed by atoms with Gasteiger partial charge < -0.3 is 5.32 Å². The minimum atomic E-state index is 0.539. The zero-order valence-electron chi connectivity index (χ0n) is 9.00. The van der Waals surface area contributed by atoms with Gasteiger partial charge in [-0.15, -0.1) is 0 Å². The van der Waals surface area contributed by atoms with Crippen molar-refractivity contribution in [3.8, 4) is 6.07 Å². The van der Waals surface area contributed by atoms with Crippen LogP contribution >= 0.6 is 11.6 Å². The Morgan fingerprint density at radius 2 is 2.19 bits per heavy atom. The number of hydrogen-bond donors (Lipinski definition) is 1. The Labute approximate surface area is 98.7 Å². The summed E-state index contributed by atoms with van der Waals surface area (Å²) in [5.41, 5.74) is 3.10. The number of halogens is 1. The van der Waals surface area contributed by atoms with Gasteiger partial charge in [0.1, 0.15) is 6.07 Å². The summed E-state index contributed by atoms with van der Waals surface area (Å²) in [6, 6.07) is 5.82. The summed E-state index contributed by atoms with van der Waals surface area (Å²) in [6.07, 6.45) is 1.57. The van der Waals surface area contributed by atoms with Crippen LogP contribution in [-0.2, 0) is 0 Å². The van der Waals surface area contributed by atoms with Crippen LogP contribution in [0.1, 0.15) is 11.1 Å². The van der Waals surface area contributed by atoms with Crippen LogP contribution in [0.4, 0.5) is 5.69 Å². The molecule has 16 heavy (non-hydrogen) atoms. The van der Waals surface area contributed by atoms with E-state index in [0.717, 1.165) is 22.2 Å². The van der Waals surface area contributed by atoms with Crippen LogP contribution in [0.25, 0.3) is 10.9 Å². The molecule has 1 N–H and O–H groups in total. The number of nitrogens with one attached hydrogen (secondary N) is 1. The number of nitriles is 1. The molecule has 1 heterocycles. The number of aryl methyl sites for hydroxylation is 1. The molecule has 2 rings (SSSR count). The van der Waals surface area contributed by atoms with E-state index < -0.39 is 0 Å². The summed E-state index contributed by atoms with van der Waals surface area (Å²) >= 11 is 6.03. The molecule has 0 radical (unpaired) electrons. The van der Waals surface area contributed by atoms with E-state index >= 15 is 0 Å². The van der Waals surface area contributed by atoms with Crippen LogP contribution in [0, 0.1) is 18.3 Å². The van der Waals surface area contributed by atoms with Crippen molar-refractivity contribution in [3.05, 3.63) is 34.5 Å². The molecule has 2 aromatic rings. The van der Waals surface area contributed by atoms with Crippen molar-refractivity contribution in [2.75, 3.05) is 12.4 Å². The van der Waals surface area contributed by atoms with Crippen molar-refractivity contribution in [2.45, 2.75) is 6.92 Å². The zero-order valence-corrected chi connectivity index (χ0v) is 9.76. The second-order valence-corrected chi connectivity index (χ2v) is 3.88. The predicted molar refractivity (Wildman–Crippen MR) is 65.8 cm³/mol. The first-order valence-electron chi connectivity index (χ1n) is 4.84. The fourth-order valence-electron chi connectivity index (χ4n) is 1.74. The van der Waals surface area contributed by atoms with Crippen LogP contribution in [0.15, 0.2) is 18.3 Å². The number of fused-ring (bicyclic) bond motifs is 1. The van der Waals surface area contributed by atoms with Crippen LogP contribution in [0.3, 0.4) is 0 Å². The van der Waals surface area contributed by atoms with Crippen molar-refractivity contribution in [1.29, 1.82) is 5.26 Å². The molecule has 0 saturated heterocycles. The predicted octanol–water partition coefficient (Wildman–Crippen LogP) is 3.11. The molecule has 4 heteroatoms. The largest absolute Gasteiger partial charge is 0.386 e. The molecule has 0 spiro atoms. The molecular formula is C12H10ClN3. The summed E-state index contributed by atoms with van der Waals surface area (Å²) in [5.74, 6) is 0. The second kappa shape index (κ2) is 3.99. The molecule has 0 aliphatic rings. The van der Waals surface area contributed by atoms with Crippen molar-refractivity contribution in [3.63, 3.8) is 0 Å². The van der Waals surface area contributed by atoms with Crippen LogP contribution in [0.5, 0.6) is 0 Å². The van der Waals surface area contributed by atoms with Gasteiger partial charge in [-0.2, -0.15) is 5.26 Å². The maximum atomic E-state index is 8.98. The Kier molecular flexibility index (Phi) is 2.67. The van der Waals surface area contributed by atoms with Gasteiger partial charge in [0.05, 0.1) is 16.8 Å². The lowest BCUT2D eigenvalue weighted by Crippen LogP contribution is -1.96. The minimum absolute atomic E-state index is 0.539. The van der Waals surface area contributed by atoms with E-state index in [1.807, 2.05) is 19.1 Å². The molecule has 1 aromatic heterocycles. The molecule has 0 atom stereocenters. The molecule has 0 fully saturated rings. The Morgan fingerprint density at radius 1 is 1.44 bits per heavy atom. The van der Waals surface area contributed by atoms with E-state index in [1.54, 1.807) is 13.2 Å². The van der Waals surface area contributed by atoms with Gasteiger partial charge in [0.2, 0.25) is 0 Å². The van der Waals surface area contributed by atoms with Gasteiger partial charge >= 0.3 is 0 Å². The van der Waals surface area contributed by atoms with Crippen molar-refractivity contribution in [1.82, 2.24) is 4.98 Å². The van der Waals surface area contributed by atoms with E-state index in [0.29, 0.717) is 10.6 Å². The fraction of sp³-hybridized carbons (Fsp3) is 0.167. The minimum Gasteiger partial charge on any atom is -0.386 e. The van der Waals surface area contributed by atoms with Gasteiger partial charge in [0.15, 0.2) is 0 Å². The van der Waals surface area contributed by atoms with Crippen molar-refractivity contribution < 1.29 is 0 Å². The normalized spacial score (nSPS) is 10.1. The van der Waals surface area contributed by atoms with E-state index in [2.05, 4.69) is 16.4 Å². The summed E-state index contributed by atoms with van der Waals surface area (Å²) in [6.45, 7) is 1.92. The number of hydrogen-bond acceptors (Lipinski definition) is 3. The van der Waals surface area contributed by atoms with Gasteiger partial charge in [-0.05, 0) is 24.6 Å². The Morgan fingerprint density at radius 3 is 2.81 bits per heavy atom. The van der Waals surface area contributed by atoms with E-state index in [1.165, 1.54) is 0 Å². The van der Waals surface area contributed by atoms with Gasteiger partial charge in [0, 0.05) is 23.7 Å². The van der Waals surface area contributed by atoms with Crippen LogP contribution in [-0.4, -0.2) is 12.0 Å². The van der Waals surface area contributed by atoms with Crippen molar-refractivity contribution >= 4 is 28.2 Å². The number of anilines is 1. The second-order valence-electron chi connectivity index (χ2n) is 3.48. The first-order valence-corrected chi connectivity index (χ1v) is 5.22. The highest BCUT2D eigenvalue weighted by Gasteiger charge is 2.10. The molecule has 0 saturated carbocycles. The molecule has 1 aromatic carbocycles. The number of rotatable bonds is 1. The summed E-state index contributed by atoms with van der Waals surface area (Å²) in [4.78, 5) is 4.27. The molecule has 0 aliphatic heterocycles. The average Bonchev–Trinajstić information content (AvgIpc) is 2.32.